The van der Waals surface area contributed by atoms with E-state index in [2.05, 4.69) is 15.8 Å². The number of carbonyl (C=O) groups is 3. The summed E-state index contributed by atoms with van der Waals surface area (Å²) in [6.45, 7) is 1.82. The monoisotopic (exact) mass is 355 g/mol. The van der Waals surface area contributed by atoms with E-state index in [-0.39, 0.29) is 17.8 Å². The van der Waals surface area contributed by atoms with Crippen LogP contribution in [0.1, 0.15) is 31.2 Å². The number of aryl methyl sites for hydroxylation is 1. The van der Waals surface area contributed by atoms with E-state index in [1.807, 2.05) is 19.1 Å². The van der Waals surface area contributed by atoms with Crippen molar-refractivity contribution >= 4 is 29.5 Å². The SMILES string of the molecule is Cc1ccccc1NC(=O)C(=O)N/N=C/C1=COC2CCCCC2C1=O. The second-order valence-electron chi connectivity index (χ2n) is 6.47. The van der Waals surface area contributed by atoms with E-state index in [4.69, 9.17) is 4.74 Å². The van der Waals surface area contributed by atoms with Gasteiger partial charge in [-0.15, -0.1) is 0 Å². The summed E-state index contributed by atoms with van der Waals surface area (Å²) in [5, 5.41) is 6.23. The number of hydrazone groups is 1. The van der Waals surface area contributed by atoms with Gasteiger partial charge in [0.2, 0.25) is 0 Å². The zero-order chi connectivity index (χ0) is 18.5. The molecule has 1 aliphatic heterocycles. The predicted molar refractivity (Wildman–Crippen MR) is 96.4 cm³/mol. The third kappa shape index (κ3) is 3.99. The van der Waals surface area contributed by atoms with Crippen LogP contribution in [0, 0.1) is 12.8 Å². The molecule has 2 N–H and O–H groups in total. The van der Waals surface area contributed by atoms with Crippen molar-refractivity contribution in [1.82, 2.24) is 5.43 Å². The molecule has 0 aromatic heterocycles. The van der Waals surface area contributed by atoms with Gasteiger partial charge in [0, 0.05) is 5.69 Å². The van der Waals surface area contributed by atoms with Gasteiger partial charge in [-0.05, 0) is 37.8 Å². The Morgan fingerprint density at radius 3 is 2.77 bits per heavy atom. The Bertz CT molecular complexity index is 785. The number of nitrogens with zero attached hydrogens (tertiary/aromatic N) is 1. The summed E-state index contributed by atoms with van der Waals surface area (Å²) in [5.41, 5.74) is 3.83. The van der Waals surface area contributed by atoms with Gasteiger partial charge in [-0.3, -0.25) is 14.4 Å². The summed E-state index contributed by atoms with van der Waals surface area (Å²) in [5.74, 6) is -1.91. The normalized spacial score (nSPS) is 22.2. The van der Waals surface area contributed by atoms with E-state index < -0.39 is 11.8 Å². The van der Waals surface area contributed by atoms with E-state index in [9.17, 15) is 14.4 Å². The summed E-state index contributed by atoms with van der Waals surface area (Å²) in [6.07, 6.45) is 6.33. The van der Waals surface area contributed by atoms with Gasteiger partial charge in [-0.1, -0.05) is 24.6 Å². The van der Waals surface area contributed by atoms with Crippen LogP contribution in [0.5, 0.6) is 0 Å². The molecule has 0 spiro atoms. The Morgan fingerprint density at radius 1 is 1.19 bits per heavy atom. The zero-order valence-electron chi connectivity index (χ0n) is 14.5. The maximum Gasteiger partial charge on any atom is 0.329 e. The summed E-state index contributed by atoms with van der Waals surface area (Å²) in [7, 11) is 0. The predicted octanol–water partition coefficient (Wildman–Crippen LogP) is 2.08. The second-order valence-corrected chi connectivity index (χ2v) is 6.47. The fraction of sp³-hybridized carbons (Fsp3) is 0.368. The Hall–Kier alpha value is -2.96. The molecule has 0 bridgehead atoms. The standard InChI is InChI=1S/C19H21N3O4/c1-12-6-2-4-8-15(12)21-18(24)19(25)22-20-10-13-11-26-16-9-5-3-7-14(16)17(13)23/h2,4,6,8,10-11,14,16H,3,5,7,9H2,1H3,(H,21,24)(H,22,25)/b20-10+. The molecule has 1 aromatic rings. The van der Waals surface area contributed by atoms with E-state index in [0.717, 1.165) is 31.2 Å². The topological polar surface area (TPSA) is 96.9 Å². The number of hydrogen-bond acceptors (Lipinski definition) is 5. The van der Waals surface area contributed by atoms with E-state index in [1.54, 1.807) is 12.1 Å². The van der Waals surface area contributed by atoms with Crippen molar-refractivity contribution < 1.29 is 19.1 Å². The number of rotatable bonds is 3. The van der Waals surface area contributed by atoms with Crippen molar-refractivity contribution in [3.63, 3.8) is 0 Å². The largest absolute Gasteiger partial charge is 0.496 e. The smallest absolute Gasteiger partial charge is 0.329 e. The quantitative estimate of drug-likeness (QED) is 0.493. The average Bonchev–Trinajstić information content (AvgIpc) is 2.65. The molecule has 0 saturated heterocycles. The molecule has 2 atom stereocenters. The molecule has 2 aliphatic rings. The highest BCUT2D eigenvalue weighted by molar-refractivity contribution is 6.39. The van der Waals surface area contributed by atoms with Crippen LogP contribution >= 0.6 is 0 Å². The molecule has 3 rings (SSSR count). The van der Waals surface area contributed by atoms with Crippen molar-refractivity contribution in [2.24, 2.45) is 11.0 Å². The molecule has 0 radical (unpaired) electrons. The molecule has 26 heavy (non-hydrogen) atoms. The van der Waals surface area contributed by atoms with Crippen LogP contribution in [0.3, 0.4) is 0 Å². The van der Waals surface area contributed by atoms with Crippen LogP contribution in [0.2, 0.25) is 0 Å². The first-order valence-corrected chi connectivity index (χ1v) is 8.66. The second kappa shape index (κ2) is 7.95. The number of ether oxygens (including phenoxy) is 1. The van der Waals surface area contributed by atoms with Crippen LogP contribution < -0.4 is 10.7 Å². The molecule has 136 valence electrons. The van der Waals surface area contributed by atoms with Crippen LogP contribution in [0.25, 0.3) is 0 Å². The highest BCUT2D eigenvalue weighted by Crippen LogP contribution is 2.32. The Morgan fingerprint density at radius 2 is 1.96 bits per heavy atom. The van der Waals surface area contributed by atoms with Crippen LogP contribution in [-0.2, 0) is 19.1 Å². The lowest BCUT2D eigenvalue weighted by Crippen LogP contribution is -2.37. The molecule has 1 fully saturated rings. The molecule has 2 amide bonds. The number of para-hydroxylation sites is 1. The highest BCUT2D eigenvalue weighted by Gasteiger charge is 2.36. The first-order valence-electron chi connectivity index (χ1n) is 8.66. The first-order chi connectivity index (χ1) is 12.6. The molecule has 7 heteroatoms. The minimum absolute atomic E-state index is 0.0247. The molecule has 1 aliphatic carbocycles. The number of ketones is 1. The number of fused-ring (bicyclic) bond motifs is 1. The minimum Gasteiger partial charge on any atom is -0.496 e. The lowest BCUT2D eigenvalue weighted by Gasteiger charge is -2.33. The summed E-state index contributed by atoms with van der Waals surface area (Å²) >= 11 is 0. The van der Waals surface area contributed by atoms with Crippen molar-refractivity contribution in [1.29, 1.82) is 0 Å². The Labute approximate surface area is 151 Å². The molecule has 1 heterocycles. The van der Waals surface area contributed by atoms with E-state index in [1.165, 1.54) is 12.5 Å². The average molecular weight is 355 g/mol. The van der Waals surface area contributed by atoms with Crippen molar-refractivity contribution in [3.05, 3.63) is 41.7 Å². The Balaban J connectivity index is 1.55. The number of benzene rings is 1. The van der Waals surface area contributed by atoms with E-state index >= 15 is 0 Å². The lowest BCUT2D eigenvalue weighted by atomic mass is 9.80. The van der Waals surface area contributed by atoms with Gasteiger partial charge in [0.25, 0.3) is 0 Å². The van der Waals surface area contributed by atoms with Gasteiger partial charge in [0.05, 0.1) is 24.0 Å². The summed E-state index contributed by atoms with van der Waals surface area (Å²) < 4.78 is 5.60. The number of anilines is 1. The minimum atomic E-state index is -0.912. The maximum atomic E-state index is 12.4. The van der Waals surface area contributed by atoms with Crippen LogP contribution in [0.4, 0.5) is 5.69 Å². The van der Waals surface area contributed by atoms with Crippen molar-refractivity contribution in [3.8, 4) is 0 Å². The fourth-order valence-corrected chi connectivity index (χ4v) is 3.19. The van der Waals surface area contributed by atoms with Gasteiger partial charge >= 0.3 is 11.8 Å². The summed E-state index contributed by atoms with van der Waals surface area (Å²) in [4.78, 5) is 36.1. The Kier molecular flexibility index (Phi) is 5.46. The van der Waals surface area contributed by atoms with Crippen LogP contribution in [0.15, 0.2) is 41.2 Å². The van der Waals surface area contributed by atoms with Crippen LogP contribution in [-0.4, -0.2) is 29.9 Å². The van der Waals surface area contributed by atoms with Gasteiger partial charge in [0.1, 0.15) is 6.10 Å². The number of amides is 2. The summed E-state index contributed by atoms with van der Waals surface area (Å²) in [6, 6.07) is 7.13. The van der Waals surface area contributed by atoms with E-state index in [0.29, 0.717) is 11.3 Å². The molecule has 1 aromatic carbocycles. The van der Waals surface area contributed by atoms with Crippen molar-refractivity contribution in [2.45, 2.75) is 38.7 Å². The highest BCUT2D eigenvalue weighted by atomic mass is 16.5. The van der Waals surface area contributed by atoms with Crippen molar-refractivity contribution in [2.75, 3.05) is 5.32 Å². The zero-order valence-corrected chi connectivity index (χ0v) is 14.5. The van der Waals surface area contributed by atoms with Gasteiger partial charge in [-0.2, -0.15) is 5.10 Å². The third-order valence-electron chi connectivity index (χ3n) is 4.66. The van der Waals surface area contributed by atoms with Gasteiger partial charge in [-0.25, -0.2) is 5.43 Å². The number of Topliss-reactive ketones (excluding diaryl/α,β-unsaturated/α-hetero) is 1. The van der Waals surface area contributed by atoms with Gasteiger partial charge < -0.3 is 10.1 Å². The molecule has 1 saturated carbocycles. The first kappa shape index (κ1) is 17.8. The maximum absolute atomic E-state index is 12.4. The lowest BCUT2D eigenvalue weighted by molar-refractivity contribution is -0.136. The molecular formula is C19H21N3O4. The van der Waals surface area contributed by atoms with Gasteiger partial charge in [0.15, 0.2) is 5.78 Å². The number of nitrogens with one attached hydrogen (secondary N) is 2. The number of hydrogen-bond donors (Lipinski definition) is 2. The third-order valence-corrected chi connectivity index (χ3v) is 4.66. The molecule has 7 nitrogen and oxygen atoms in total. The fourth-order valence-electron chi connectivity index (χ4n) is 3.19. The molecule has 2 unspecified atom stereocenters. The number of carbonyl (C=O) groups excluding carboxylic acids is 3. The molecular weight excluding hydrogens is 334 g/mol. The number of allylic oxidation sites excluding steroid dienone is 1.